The van der Waals surface area contributed by atoms with Gasteiger partial charge < -0.3 is 9.15 Å². The Labute approximate surface area is 194 Å². The zero-order chi connectivity index (χ0) is 23.3. The summed E-state index contributed by atoms with van der Waals surface area (Å²) in [5, 5.41) is 3.14. The van der Waals surface area contributed by atoms with Crippen LogP contribution in [0.15, 0.2) is 112 Å². The lowest BCUT2D eigenvalue weighted by atomic mass is 10.2. The van der Waals surface area contributed by atoms with Crippen LogP contribution in [0, 0.1) is 13.8 Å². The number of nitrogens with zero attached hydrogens (tertiary/aromatic N) is 1. The predicted molar refractivity (Wildman–Crippen MR) is 136 cm³/mol. The molecule has 0 radical (unpaired) electrons. The van der Waals surface area contributed by atoms with Crippen molar-refractivity contribution < 1.29 is 13.9 Å². The van der Waals surface area contributed by atoms with Gasteiger partial charge in [-0.1, -0.05) is 91.0 Å². The van der Waals surface area contributed by atoms with E-state index in [4.69, 9.17) is 13.9 Å². The van der Waals surface area contributed by atoms with Gasteiger partial charge >= 0.3 is 5.97 Å². The van der Waals surface area contributed by atoms with E-state index in [2.05, 4.69) is 36.4 Å². The third-order valence-corrected chi connectivity index (χ3v) is 9.16. The summed E-state index contributed by atoms with van der Waals surface area (Å²) >= 11 is 0. The van der Waals surface area contributed by atoms with Crippen LogP contribution < -0.4 is 15.9 Å². The molecule has 33 heavy (non-hydrogen) atoms. The van der Waals surface area contributed by atoms with Gasteiger partial charge in [0.25, 0.3) is 0 Å². The first kappa shape index (κ1) is 22.6. The van der Waals surface area contributed by atoms with E-state index in [0.717, 1.165) is 27.2 Å². The molecule has 0 amide bonds. The average Bonchev–Trinajstić information content (AvgIpc) is 3.19. The molecule has 0 spiro atoms. The lowest BCUT2D eigenvalue weighted by Crippen LogP contribution is -2.26. The fraction of sp³-hybridized carbons (Fsp3) is 0.107. The molecule has 0 saturated carbocycles. The Morgan fingerprint density at radius 2 is 1.27 bits per heavy atom. The van der Waals surface area contributed by atoms with Crippen molar-refractivity contribution in [1.29, 1.82) is 0 Å². The summed E-state index contributed by atoms with van der Waals surface area (Å²) < 4.78 is 16.3. The Bertz CT molecular complexity index is 1200. The van der Waals surface area contributed by atoms with E-state index >= 15 is 0 Å². The highest BCUT2D eigenvalue weighted by Gasteiger charge is 2.29. The van der Waals surface area contributed by atoms with Crippen molar-refractivity contribution in [2.45, 2.75) is 13.8 Å². The summed E-state index contributed by atoms with van der Waals surface area (Å²) in [6.07, 6.45) is 1.68. The Balaban J connectivity index is 2.11. The second-order valence-electron chi connectivity index (χ2n) is 7.65. The van der Waals surface area contributed by atoms with E-state index in [9.17, 15) is 4.79 Å². The summed E-state index contributed by atoms with van der Waals surface area (Å²) in [5.74, 6) is 0.871. The van der Waals surface area contributed by atoms with Gasteiger partial charge in [-0.05, 0) is 25.5 Å². The van der Waals surface area contributed by atoms with Gasteiger partial charge in [-0.15, -0.1) is 0 Å². The number of aryl methyl sites for hydroxylation is 2. The van der Waals surface area contributed by atoms with E-state index < -0.39 is 13.0 Å². The first-order valence-electron chi connectivity index (χ1n) is 10.7. The van der Waals surface area contributed by atoms with Crippen molar-refractivity contribution in [3.63, 3.8) is 0 Å². The molecule has 0 N–H and O–H groups in total. The zero-order valence-corrected chi connectivity index (χ0v) is 19.8. The largest absolute Gasteiger partial charge is 0.464 e. The molecule has 3 aromatic carbocycles. The quantitative estimate of drug-likeness (QED) is 0.216. The molecule has 0 aliphatic heterocycles. The van der Waals surface area contributed by atoms with Crippen LogP contribution in [0.1, 0.15) is 17.1 Å². The van der Waals surface area contributed by atoms with Crippen LogP contribution in [0.25, 0.3) is 6.08 Å². The molecule has 166 valence electrons. The number of esters is 1. The highest BCUT2D eigenvalue weighted by Crippen LogP contribution is 2.48. The van der Waals surface area contributed by atoms with Crippen molar-refractivity contribution >= 4 is 35.0 Å². The normalized spacial score (nSPS) is 11.8. The van der Waals surface area contributed by atoms with E-state index in [1.807, 2.05) is 74.5 Å². The number of methoxy groups -OCH3 is 1. The van der Waals surface area contributed by atoms with Gasteiger partial charge in [-0.3, -0.25) is 0 Å². The molecule has 0 unspecified atom stereocenters. The third-order valence-electron chi connectivity index (χ3n) is 5.51. The number of benzene rings is 3. The molecule has 0 aliphatic carbocycles. The molecule has 0 saturated heterocycles. The molecule has 5 heteroatoms. The van der Waals surface area contributed by atoms with E-state index in [-0.39, 0.29) is 5.70 Å². The highest BCUT2D eigenvalue weighted by atomic mass is 31.2. The van der Waals surface area contributed by atoms with Crippen LogP contribution in [-0.4, -0.2) is 13.1 Å². The van der Waals surface area contributed by atoms with Crippen LogP contribution >= 0.6 is 7.05 Å². The maximum absolute atomic E-state index is 13.0. The number of hydrogen-bond acceptors (Lipinski definition) is 4. The number of carbonyl (C=O) groups is 1. The Morgan fingerprint density at radius 1 is 0.818 bits per heavy atom. The molecule has 0 bridgehead atoms. The number of rotatable bonds is 6. The van der Waals surface area contributed by atoms with Crippen LogP contribution in [0.4, 0.5) is 0 Å². The monoisotopic (exact) mass is 455 g/mol. The fourth-order valence-corrected chi connectivity index (χ4v) is 7.27. The molecule has 1 aromatic heterocycles. The molecular formula is C28H26NO3P. The Hall–Kier alpha value is -3.62. The topological polar surface area (TPSA) is 51.8 Å². The summed E-state index contributed by atoms with van der Waals surface area (Å²) in [7, 11) is -1.23. The third kappa shape index (κ3) is 4.62. The predicted octanol–water partition coefficient (Wildman–Crippen LogP) is 5.59. The Morgan fingerprint density at radius 3 is 1.64 bits per heavy atom. The molecule has 0 atom stereocenters. The van der Waals surface area contributed by atoms with Crippen molar-refractivity contribution in [3.05, 3.63) is 120 Å². The van der Waals surface area contributed by atoms with Crippen molar-refractivity contribution in [3.8, 4) is 0 Å². The molecule has 4 rings (SSSR count). The van der Waals surface area contributed by atoms with Gasteiger partial charge in [0.2, 0.25) is 0 Å². The van der Waals surface area contributed by atoms with E-state index in [1.165, 1.54) is 7.11 Å². The highest BCUT2D eigenvalue weighted by molar-refractivity contribution is 7.87. The maximum atomic E-state index is 13.0. The number of ether oxygens (including phenoxy) is 1. The number of furan rings is 1. The van der Waals surface area contributed by atoms with Crippen LogP contribution in [0.3, 0.4) is 0 Å². The fourth-order valence-electron chi connectivity index (χ4n) is 3.75. The van der Waals surface area contributed by atoms with Gasteiger partial charge in [-0.25, -0.2) is 9.54 Å². The lowest BCUT2D eigenvalue weighted by molar-refractivity contribution is -0.136. The van der Waals surface area contributed by atoms with Gasteiger partial charge in [0, 0.05) is 22.0 Å². The molecule has 0 aliphatic rings. The summed E-state index contributed by atoms with van der Waals surface area (Å²) in [6, 6.07) is 32.4. The first-order chi connectivity index (χ1) is 16.0. The smallest absolute Gasteiger partial charge is 0.356 e. The number of hydrogen-bond donors (Lipinski definition) is 0. The SMILES string of the molecule is COC(=O)/C(=C\c1cc(C)c(C)o1)N=P(c1ccccc1)(c1ccccc1)c1ccccc1. The standard InChI is InChI=1S/C28H26NO3P/c1-21-19-23(32-22(21)2)20-27(28(30)31-3)29-33(24-13-7-4-8-14-24,25-15-9-5-10-16-25)26-17-11-6-12-18-26/h4-20H,1-3H3/b27-20+. The summed E-state index contributed by atoms with van der Waals surface area (Å²) in [4.78, 5) is 13.0. The van der Waals surface area contributed by atoms with Gasteiger partial charge in [0.1, 0.15) is 11.5 Å². The molecule has 4 nitrogen and oxygen atoms in total. The molecule has 0 fully saturated rings. The summed E-state index contributed by atoms with van der Waals surface area (Å²) in [5.41, 5.74) is 1.23. The van der Waals surface area contributed by atoms with E-state index in [1.54, 1.807) is 6.08 Å². The zero-order valence-electron chi connectivity index (χ0n) is 18.9. The van der Waals surface area contributed by atoms with Gasteiger partial charge in [0.05, 0.1) is 14.2 Å². The molecule has 1 heterocycles. The van der Waals surface area contributed by atoms with Crippen LogP contribution in [0.5, 0.6) is 0 Å². The Kier molecular flexibility index (Phi) is 6.76. The van der Waals surface area contributed by atoms with Gasteiger partial charge in [-0.2, -0.15) is 0 Å². The number of carbonyl (C=O) groups excluding carboxylic acids is 1. The second kappa shape index (κ2) is 9.89. The van der Waals surface area contributed by atoms with Crippen molar-refractivity contribution in [1.82, 2.24) is 0 Å². The minimum Gasteiger partial charge on any atom is -0.464 e. The lowest BCUT2D eigenvalue weighted by Gasteiger charge is -2.27. The molecule has 4 aromatic rings. The minimum atomic E-state index is -2.60. The average molecular weight is 455 g/mol. The van der Waals surface area contributed by atoms with Gasteiger partial charge in [0.15, 0.2) is 5.70 Å². The van der Waals surface area contributed by atoms with Crippen molar-refractivity contribution in [2.24, 2.45) is 4.74 Å². The van der Waals surface area contributed by atoms with Crippen molar-refractivity contribution in [2.75, 3.05) is 7.11 Å². The minimum absolute atomic E-state index is 0.219. The second-order valence-corrected chi connectivity index (χ2v) is 10.7. The maximum Gasteiger partial charge on any atom is 0.356 e. The summed E-state index contributed by atoms with van der Waals surface area (Å²) in [6.45, 7) is 3.87. The molecular weight excluding hydrogens is 429 g/mol. The van der Waals surface area contributed by atoms with Crippen LogP contribution in [-0.2, 0) is 9.53 Å². The van der Waals surface area contributed by atoms with Crippen LogP contribution in [0.2, 0.25) is 0 Å². The van der Waals surface area contributed by atoms with E-state index in [0.29, 0.717) is 5.76 Å². The first-order valence-corrected chi connectivity index (χ1v) is 12.4.